The molecular weight excluding hydrogens is 360 g/mol. The molecule has 0 aliphatic carbocycles. The van der Waals surface area contributed by atoms with Crippen molar-refractivity contribution in [2.45, 2.75) is 30.5 Å². The van der Waals surface area contributed by atoms with E-state index >= 15 is 0 Å². The normalized spacial score (nSPS) is 25.7. The fourth-order valence-electron chi connectivity index (χ4n) is 4.84. The summed E-state index contributed by atoms with van der Waals surface area (Å²) in [6.07, 6.45) is 1.18. The van der Waals surface area contributed by atoms with E-state index in [0.717, 1.165) is 16.7 Å². The Kier molecular flexibility index (Phi) is 4.02. The lowest BCUT2D eigenvalue weighted by molar-refractivity contribution is -0.176. The molecule has 2 bridgehead atoms. The minimum absolute atomic E-state index is 0.0396. The van der Waals surface area contributed by atoms with E-state index in [9.17, 15) is 9.59 Å². The van der Waals surface area contributed by atoms with E-state index in [4.69, 9.17) is 0 Å². The number of hydrogen-bond donors (Lipinski definition) is 1. The third-order valence-electron chi connectivity index (χ3n) is 6.34. The zero-order valence-corrected chi connectivity index (χ0v) is 16.0. The monoisotopic (exact) mass is 382 g/mol. The standard InChI is InChI=1S/C25H22N2O2/c28-22-25(21-14-8-3-9-15-21)17-16-24(26-22,20-12-6-2-7-13-20)23(29)27(25)18-19-10-4-1-5-11-19/h1-15H,16-18H2,(H,26,28). The van der Waals surface area contributed by atoms with Crippen LogP contribution in [0.4, 0.5) is 0 Å². The van der Waals surface area contributed by atoms with Crippen LogP contribution in [0, 0.1) is 0 Å². The Morgan fingerprint density at radius 2 is 1.28 bits per heavy atom. The van der Waals surface area contributed by atoms with Gasteiger partial charge in [-0.05, 0) is 29.5 Å². The van der Waals surface area contributed by atoms with Crippen molar-refractivity contribution in [3.63, 3.8) is 0 Å². The van der Waals surface area contributed by atoms with Gasteiger partial charge in [0.2, 0.25) is 0 Å². The lowest BCUT2D eigenvalue weighted by Gasteiger charge is -2.58. The van der Waals surface area contributed by atoms with E-state index in [2.05, 4.69) is 5.32 Å². The molecule has 2 amide bonds. The second kappa shape index (κ2) is 6.59. The number of nitrogens with one attached hydrogen (secondary N) is 1. The predicted octanol–water partition coefficient (Wildman–Crippen LogP) is 3.73. The summed E-state index contributed by atoms with van der Waals surface area (Å²) >= 11 is 0. The maximum Gasteiger partial charge on any atom is 0.254 e. The number of fused-ring (bicyclic) bond motifs is 3. The molecule has 0 spiro atoms. The topological polar surface area (TPSA) is 49.4 Å². The summed E-state index contributed by atoms with van der Waals surface area (Å²) in [5.74, 6) is -0.142. The molecule has 29 heavy (non-hydrogen) atoms. The number of piperazine rings is 1. The van der Waals surface area contributed by atoms with Crippen molar-refractivity contribution in [1.82, 2.24) is 10.2 Å². The van der Waals surface area contributed by atoms with E-state index in [0.29, 0.717) is 19.4 Å². The second-order valence-corrected chi connectivity index (χ2v) is 7.83. The molecule has 0 saturated carbocycles. The number of carbonyl (C=O) groups is 2. The Hall–Kier alpha value is -3.40. The molecule has 2 atom stereocenters. The van der Waals surface area contributed by atoms with E-state index in [1.165, 1.54) is 0 Å². The van der Waals surface area contributed by atoms with Gasteiger partial charge in [-0.1, -0.05) is 91.0 Å². The van der Waals surface area contributed by atoms with Gasteiger partial charge in [0.1, 0.15) is 11.1 Å². The number of nitrogens with zero attached hydrogens (tertiary/aromatic N) is 1. The fourth-order valence-corrected chi connectivity index (χ4v) is 4.84. The highest BCUT2D eigenvalue weighted by Gasteiger charge is 2.64. The van der Waals surface area contributed by atoms with Gasteiger partial charge < -0.3 is 10.2 Å². The first kappa shape index (κ1) is 17.7. The summed E-state index contributed by atoms with van der Waals surface area (Å²) in [6, 6.07) is 29.2. The number of amides is 2. The summed E-state index contributed by atoms with van der Waals surface area (Å²) in [5.41, 5.74) is 0.745. The van der Waals surface area contributed by atoms with Crippen molar-refractivity contribution in [2.75, 3.05) is 0 Å². The third kappa shape index (κ3) is 2.52. The first-order chi connectivity index (χ1) is 14.2. The van der Waals surface area contributed by atoms with Crippen LogP contribution in [-0.4, -0.2) is 16.7 Å². The van der Waals surface area contributed by atoms with Gasteiger partial charge in [-0.25, -0.2) is 0 Å². The molecule has 3 aromatic rings. The molecule has 0 aromatic heterocycles. The van der Waals surface area contributed by atoms with Crippen molar-refractivity contribution in [2.24, 2.45) is 0 Å². The Morgan fingerprint density at radius 1 is 0.724 bits per heavy atom. The third-order valence-corrected chi connectivity index (χ3v) is 6.34. The minimum atomic E-state index is -0.996. The van der Waals surface area contributed by atoms with Gasteiger partial charge >= 0.3 is 0 Å². The van der Waals surface area contributed by atoms with E-state index in [1.54, 1.807) is 4.90 Å². The Bertz CT molecular complexity index is 1050. The molecule has 3 aromatic carbocycles. The number of rotatable bonds is 4. The van der Waals surface area contributed by atoms with Crippen molar-refractivity contribution in [3.8, 4) is 0 Å². The molecule has 3 aliphatic rings. The number of carbonyl (C=O) groups excluding carboxylic acids is 2. The van der Waals surface area contributed by atoms with Crippen LogP contribution in [-0.2, 0) is 27.2 Å². The number of piperidine rings is 2. The molecule has 3 heterocycles. The van der Waals surface area contributed by atoms with Crippen LogP contribution in [0.3, 0.4) is 0 Å². The van der Waals surface area contributed by atoms with Crippen LogP contribution in [0.2, 0.25) is 0 Å². The van der Waals surface area contributed by atoms with Crippen LogP contribution < -0.4 is 5.32 Å². The van der Waals surface area contributed by atoms with Crippen molar-refractivity contribution < 1.29 is 9.59 Å². The second-order valence-electron chi connectivity index (χ2n) is 7.83. The quantitative estimate of drug-likeness (QED) is 0.748. The summed E-state index contributed by atoms with van der Waals surface area (Å²) in [6.45, 7) is 0.399. The molecule has 3 fully saturated rings. The van der Waals surface area contributed by atoms with E-state index < -0.39 is 11.1 Å². The molecule has 2 unspecified atom stereocenters. The number of benzene rings is 3. The molecule has 0 radical (unpaired) electrons. The summed E-state index contributed by atoms with van der Waals surface area (Å²) < 4.78 is 0. The van der Waals surface area contributed by atoms with Gasteiger partial charge in [0.05, 0.1) is 0 Å². The van der Waals surface area contributed by atoms with Crippen molar-refractivity contribution in [3.05, 3.63) is 108 Å². The molecule has 1 N–H and O–H groups in total. The van der Waals surface area contributed by atoms with Gasteiger partial charge in [0, 0.05) is 6.54 Å². The zero-order valence-electron chi connectivity index (χ0n) is 16.0. The van der Waals surface area contributed by atoms with Gasteiger partial charge in [-0.15, -0.1) is 0 Å². The van der Waals surface area contributed by atoms with Crippen LogP contribution >= 0.6 is 0 Å². The first-order valence-corrected chi connectivity index (χ1v) is 9.96. The SMILES string of the molecule is O=C1N(Cc2ccccc2)C2(c3ccccc3)CCC1(c1ccccc1)NC2=O. The lowest BCUT2D eigenvalue weighted by Crippen LogP contribution is -2.76. The van der Waals surface area contributed by atoms with Crippen LogP contribution in [0.15, 0.2) is 91.0 Å². The van der Waals surface area contributed by atoms with Gasteiger partial charge in [-0.3, -0.25) is 9.59 Å². The molecular formula is C25H22N2O2. The van der Waals surface area contributed by atoms with Crippen molar-refractivity contribution in [1.29, 1.82) is 0 Å². The van der Waals surface area contributed by atoms with Crippen LogP contribution in [0.1, 0.15) is 29.5 Å². The maximum atomic E-state index is 13.9. The van der Waals surface area contributed by atoms with E-state index in [-0.39, 0.29) is 11.8 Å². The lowest BCUT2D eigenvalue weighted by atomic mass is 9.66. The highest BCUT2D eigenvalue weighted by Crippen LogP contribution is 2.50. The average molecular weight is 382 g/mol. The molecule has 4 heteroatoms. The predicted molar refractivity (Wildman–Crippen MR) is 111 cm³/mol. The van der Waals surface area contributed by atoms with Crippen LogP contribution in [0.5, 0.6) is 0 Å². The average Bonchev–Trinajstić information content (AvgIpc) is 2.78. The van der Waals surface area contributed by atoms with Crippen molar-refractivity contribution >= 4 is 11.8 Å². The minimum Gasteiger partial charge on any atom is -0.336 e. The molecule has 3 saturated heterocycles. The van der Waals surface area contributed by atoms with Gasteiger partial charge in [0.15, 0.2) is 0 Å². The van der Waals surface area contributed by atoms with Gasteiger partial charge in [0.25, 0.3) is 11.8 Å². The zero-order chi connectivity index (χ0) is 19.9. The molecule has 6 rings (SSSR count). The highest BCUT2D eigenvalue weighted by atomic mass is 16.2. The Morgan fingerprint density at radius 3 is 1.86 bits per heavy atom. The van der Waals surface area contributed by atoms with E-state index in [1.807, 2.05) is 91.0 Å². The Balaban J connectivity index is 1.67. The van der Waals surface area contributed by atoms with Crippen LogP contribution in [0.25, 0.3) is 0 Å². The molecule has 4 nitrogen and oxygen atoms in total. The first-order valence-electron chi connectivity index (χ1n) is 9.96. The Labute approximate surface area is 170 Å². The fraction of sp³-hybridized carbons (Fsp3) is 0.200. The number of hydrogen-bond acceptors (Lipinski definition) is 2. The molecule has 144 valence electrons. The highest BCUT2D eigenvalue weighted by molar-refractivity contribution is 6.05. The van der Waals surface area contributed by atoms with Gasteiger partial charge in [-0.2, -0.15) is 0 Å². The molecule has 3 aliphatic heterocycles. The largest absolute Gasteiger partial charge is 0.336 e. The smallest absolute Gasteiger partial charge is 0.254 e. The summed E-state index contributed by atoms with van der Waals surface area (Å²) in [4.78, 5) is 29.3. The summed E-state index contributed by atoms with van der Waals surface area (Å²) in [5, 5.41) is 3.12. The maximum absolute atomic E-state index is 13.9. The summed E-state index contributed by atoms with van der Waals surface area (Å²) in [7, 11) is 0.